The number of benzene rings is 1. The fourth-order valence-corrected chi connectivity index (χ4v) is 2.95. The second kappa shape index (κ2) is 9.55. The summed E-state index contributed by atoms with van der Waals surface area (Å²) in [5.41, 5.74) is 2.26. The van der Waals surface area contributed by atoms with Crippen LogP contribution in [0.5, 0.6) is 0 Å². The van der Waals surface area contributed by atoms with Gasteiger partial charge in [-0.05, 0) is 42.7 Å². The second-order valence-electron chi connectivity index (χ2n) is 5.83. The van der Waals surface area contributed by atoms with Crippen molar-refractivity contribution in [2.24, 2.45) is 0 Å². The van der Waals surface area contributed by atoms with Gasteiger partial charge in [-0.2, -0.15) is 0 Å². The zero-order valence-electron chi connectivity index (χ0n) is 14.6. The Morgan fingerprint density at radius 3 is 2.46 bits per heavy atom. The van der Waals surface area contributed by atoms with E-state index in [1.165, 1.54) is 7.11 Å². The number of nitrogens with one attached hydrogen (secondary N) is 1. The number of halogens is 2. The number of carbonyl (C=O) groups excluding carboxylic acids is 2. The molecule has 1 aromatic heterocycles. The molecule has 1 N–H and O–H groups in total. The van der Waals surface area contributed by atoms with Gasteiger partial charge in [-0.1, -0.05) is 35.3 Å². The van der Waals surface area contributed by atoms with E-state index in [2.05, 4.69) is 15.0 Å². The highest BCUT2D eigenvalue weighted by atomic mass is 35.5. The molecule has 2 aromatic rings. The van der Waals surface area contributed by atoms with Gasteiger partial charge in [0.2, 0.25) is 5.91 Å². The van der Waals surface area contributed by atoms with E-state index in [0.29, 0.717) is 28.5 Å². The molecule has 0 aliphatic rings. The highest BCUT2D eigenvalue weighted by molar-refractivity contribution is 6.36. The lowest BCUT2D eigenvalue weighted by molar-refractivity contribution is -0.140. The molecule has 0 radical (unpaired) electrons. The van der Waals surface area contributed by atoms with Gasteiger partial charge < -0.3 is 10.1 Å². The van der Waals surface area contributed by atoms with Crippen molar-refractivity contribution >= 4 is 35.1 Å². The predicted molar refractivity (Wildman–Crippen MR) is 101 cm³/mol. The van der Waals surface area contributed by atoms with Crippen LogP contribution in [0.3, 0.4) is 0 Å². The lowest BCUT2D eigenvalue weighted by Crippen LogP contribution is -2.28. The SMILES string of the molecule is COC(=O)CCc1ccc(C(C)NC(=O)Cc2c(Cl)cccc2Cl)nc1. The van der Waals surface area contributed by atoms with Gasteiger partial charge in [0.25, 0.3) is 0 Å². The van der Waals surface area contributed by atoms with Crippen molar-refractivity contribution < 1.29 is 14.3 Å². The molecule has 0 saturated heterocycles. The summed E-state index contributed by atoms with van der Waals surface area (Å²) in [4.78, 5) is 27.8. The number of aromatic nitrogens is 1. The van der Waals surface area contributed by atoms with Crippen LogP contribution in [0.1, 0.15) is 36.2 Å². The third kappa shape index (κ3) is 5.71. The summed E-state index contributed by atoms with van der Waals surface area (Å²) in [6, 6.07) is 8.60. The van der Waals surface area contributed by atoms with Crippen LogP contribution in [0, 0.1) is 0 Å². The minimum atomic E-state index is -0.265. The fraction of sp³-hybridized carbons (Fsp3) is 0.316. The number of esters is 1. The highest BCUT2D eigenvalue weighted by Crippen LogP contribution is 2.24. The monoisotopic (exact) mass is 394 g/mol. The zero-order chi connectivity index (χ0) is 19.1. The molecule has 1 atom stereocenters. The molecule has 1 amide bonds. The minimum Gasteiger partial charge on any atom is -0.469 e. The zero-order valence-corrected chi connectivity index (χ0v) is 16.1. The Bertz CT molecular complexity index is 759. The fourth-order valence-electron chi connectivity index (χ4n) is 2.42. The van der Waals surface area contributed by atoms with Crippen LogP contribution in [0.4, 0.5) is 0 Å². The van der Waals surface area contributed by atoms with Crippen molar-refractivity contribution in [2.75, 3.05) is 7.11 Å². The molecule has 0 spiro atoms. The summed E-state index contributed by atoms with van der Waals surface area (Å²) >= 11 is 12.2. The first-order valence-corrected chi connectivity index (χ1v) is 8.90. The Balaban J connectivity index is 1.93. The van der Waals surface area contributed by atoms with Crippen LogP contribution < -0.4 is 5.32 Å². The quantitative estimate of drug-likeness (QED) is 0.722. The van der Waals surface area contributed by atoms with Crippen LogP contribution in [-0.2, 0) is 27.2 Å². The number of ether oxygens (including phenoxy) is 1. The average molecular weight is 395 g/mol. The molecule has 26 heavy (non-hydrogen) atoms. The summed E-state index contributed by atoms with van der Waals surface area (Å²) in [6.07, 6.45) is 2.67. The van der Waals surface area contributed by atoms with Crippen LogP contribution in [0.25, 0.3) is 0 Å². The molecular formula is C19H20Cl2N2O3. The Kier molecular flexibility index (Phi) is 7.42. The summed E-state index contributed by atoms with van der Waals surface area (Å²) in [5.74, 6) is -0.447. The van der Waals surface area contributed by atoms with Gasteiger partial charge in [0.1, 0.15) is 0 Å². The van der Waals surface area contributed by atoms with Gasteiger partial charge in [-0.15, -0.1) is 0 Å². The molecule has 0 aliphatic heterocycles. The van der Waals surface area contributed by atoms with Crippen molar-refractivity contribution in [1.29, 1.82) is 0 Å². The predicted octanol–water partition coefficient (Wildman–Crippen LogP) is 3.91. The van der Waals surface area contributed by atoms with Crippen LogP contribution in [0.15, 0.2) is 36.5 Å². The second-order valence-corrected chi connectivity index (χ2v) is 6.65. The molecule has 0 fully saturated rings. The van der Waals surface area contributed by atoms with Gasteiger partial charge in [0.15, 0.2) is 0 Å². The third-order valence-electron chi connectivity index (χ3n) is 3.91. The largest absolute Gasteiger partial charge is 0.469 e. The van der Waals surface area contributed by atoms with Crippen LogP contribution in [0.2, 0.25) is 10.0 Å². The number of aryl methyl sites for hydroxylation is 1. The van der Waals surface area contributed by atoms with E-state index in [0.717, 1.165) is 11.3 Å². The first-order chi connectivity index (χ1) is 12.4. The molecule has 1 heterocycles. The van der Waals surface area contributed by atoms with Crippen molar-refractivity contribution in [2.45, 2.75) is 32.2 Å². The van der Waals surface area contributed by atoms with Crippen molar-refractivity contribution in [3.63, 3.8) is 0 Å². The number of carbonyl (C=O) groups is 2. The smallest absolute Gasteiger partial charge is 0.305 e. The molecule has 5 nitrogen and oxygen atoms in total. The molecule has 0 aliphatic carbocycles. The standard InChI is InChI=1S/C19H20Cl2N2O3/c1-12(17-8-6-13(11-22-17)7-9-19(25)26-2)23-18(24)10-14-15(20)4-3-5-16(14)21/h3-6,8,11-12H,7,9-10H2,1-2H3,(H,23,24). The maximum atomic E-state index is 12.3. The first-order valence-electron chi connectivity index (χ1n) is 8.14. The van der Waals surface area contributed by atoms with Crippen molar-refractivity contribution in [1.82, 2.24) is 10.3 Å². The summed E-state index contributed by atoms with van der Waals surface area (Å²) in [7, 11) is 1.36. The van der Waals surface area contributed by atoms with Gasteiger partial charge in [-0.25, -0.2) is 0 Å². The maximum absolute atomic E-state index is 12.3. The number of pyridine rings is 1. The van der Waals surface area contributed by atoms with Crippen LogP contribution >= 0.6 is 23.2 Å². The molecule has 1 unspecified atom stereocenters. The number of hydrogen-bond acceptors (Lipinski definition) is 4. The Hall–Kier alpha value is -2.11. The maximum Gasteiger partial charge on any atom is 0.305 e. The minimum absolute atomic E-state index is 0.0973. The number of amides is 1. The molecular weight excluding hydrogens is 375 g/mol. The summed E-state index contributed by atoms with van der Waals surface area (Å²) in [6.45, 7) is 1.85. The topological polar surface area (TPSA) is 68.3 Å². The first kappa shape index (κ1) is 20.2. The summed E-state index contributed by atoms with van der Waals surface area (Å²) in [5, 5.41) is 3.82. The van der Waals surface area contributed by atoms with E-state index in [1.54, 1.807) is 24.4 Å². The number of nitrogens with zero attached hydrogens (tertiary/aromatic N) is 1. The van der Waals surface area contributed by atoms with Crippen molar-refractivity contribution in [3.05, 3.63) is 63.4 Å². The van der Waals surface area contributed by atoms with Crippen molar-refractivity contribution in [3.8, 4) is 0 Å². The molecule has 2 rings (SSSR count). The highest BCUT2D eigenvalue weighted by Gasteiger charge is 2.14. The lowest BCUT2D eigenvalue weighted by atomic mass is 10.1. The normalized spacial score (nSPS) is 11.7. The van der Waals surface area contributed by atoms with E-state index >= 15 is 0 Å². The molecule has 138 valence electrons. The number of methoxy groups -OCH3 is 1. The van der Waals surface area contributed by atoms with E-state index in [-0.39, 0.29) is 24.3 Å². The van der Waals surface area contributed by atoms with E-state index < -0.39 is 0 Å². The molecule has 7 heteroatoms. The van der Waals surface area contributed by atoms with Gasteiger partial charge in [0.05, 0.1) is 25.3 Å². The van der Waals surface area contributed by atoms with Gasteiger partial charge >= 0.3 is 5.97 Å². The third-order valence-corrected chi connectivity index (χ3v) is 4.62. The lowest BCUT2D eigenvalue weighted by Gasteiger charge is -2.15. The number of hydrogen-bond donors (Lipinski definition) is 1. The van der Waals surface area contributed by atoms with E-state index in [1.807, 2.05) is 19.1 Å². The van der Waals surface area contributed by atoms with E-state index in [4.69, 9.17) is 23.2 Å². The Morgan fingerprint density at radius 2 is 1.88 bits per heavy atom. The van der Waals surface area contributed by atoms with Gasteiger partial charge in [0, 0.05) is 22.7 Å². The molecule has 0 saturated carbocycles. The molecule has 0 bridgehead atoms. The summed E-state index contributed by atoms with van der Waals surface area (Å²) < 4.78 is 4.62. The number of rotatable bonds is 7. The van der Waals surface area contributed by atoms with Crippen LogP contribution in [-0.4, -0.2) is 24.0 Å². The molecule has 1 aromatic carbocycles. The van der Waals surface area contributed by atoms with Gasteiger partial charge in [-0.3, -0.25) is 14.6 Å². The Labute approximate surface area is 162 Å². The average Bonchev–Trinajstić information content (AvgIpc) is 2.63. The van der Waals surface area contributed by atoms with E-state index in [9.17, 15) is 9.59 Å². The Morgan fingerprint density at radius 1 is 1.19 bits per heavy atom.